The fourth-order valence-electron chi connectivity index (χ4n) is 5.62. The highest BCUT2D eigenvalue weighted by molar-refractivity contribution is 5.38. The summed E-state index contributed by atoms with van der Waals surface area (Å²) in [6.45, 7) is 3.92. The fraction of sp³-hybridized carbons (Fsp3) is 0.765. The van der Waals surface area contributed by atoms with E-state index in [4.69, 9.17) is 0 Å². The number of nitrogens with zero attached hydrogens (tertiary/aromatic N) is 2. The van der Waals surface area contributed by atoms with Crippen LogP contribution in [0.4, 0.5) is 10.2 Å². The summed E-state index contributed by atoms with van der Waals surface area (Å²) in [4.78, 5) is 8.02. The molecule has 0 aromatic carbocycles. The first-order valence-electron chi connectivity index (χ1n) is 8.29. The fourth-order valence-corrected chi connectivity index (χ4v) is 5.62. The summed E-state index contributed by atoms with van der Waals surface area (Å²) in [6, 6.07) is 0.287. The van der Waals surface area contributed by atoms with Crippen LogP contribution >= 0.6 is 0 Å². The van der Waals surface area contributed by atoms with Crippen molar-refractivity contribution in [3.8, 4) is 0 Å². The van der Waals surface area contributed by atoms with E-state index in [2.05, 4.69) is 22.2 Å². The van der Waals surface area contributed by atoms with Gasteiger partial charge in [0, 0.05) is 6.04 Å². The SMILES string of the molecule is Cc1ncnc(NC(C)C23CC4CC(CC(C4)C2)C3)c1F. The molecule has 4 saturated carbocycles. The number of hydrogen-bond donors (Lipinski definition) is 1. The lowest BCUT2D eigenvalue weighted by Gasteiger charge is -2.59. The maximum Gasteiger partial charge on any atom is 0.186 e. The van der Waals surface area contributed by atoms with E-state index in [0.29, 0.717) is 16.9 Å². The topological polar surface area (TPSA) is 37.8 Å². The molecule has 1 N–H and O–H groups in total. The number of aromatic nitrogens is 2. The Kier molecular flexibility index (Phi) is 2.98. The molecule has 4 aliphatic carbocycles. The van der Waals surface area contributed by atoms with E-state index in [1.165, 1.54) is 44.9 Å². The highest BCUT2D eigenvalue weighted by atomic mass is 19.1. The van der Waals surface area contributed by atoms with Gasteiger partial charge in [0.15, 0.2) is 11.6 Å². The third-order valence-electron chi connectivity index (χ3n) is 6.32. The van der Waals surface area contributed by atoms with Gasteiger partial charge in [-0.3, -0.25) is 0 Å². The van der Waals surface area contributed by atoms with Crippen LogP contribution in [0.15, 0.2) is 6.33 Å². The zero-order valence-electron chi connectivity index (χ0n) is 12.9. The molecule has 0 radical (unpaired) electrons. The molecule has 1 heterocycles. The van der Waals surface area contributed by atoms with Gasteiger partial charge in [-0.1, -0.05) is 0 Å². The molecule has 1 atom stereocenters. The van der Waals surface area contributed by atoms with Crippen molar-refractivity contribution in [3.63, 3.8) is 0 Å². The van der Waals surface area contributed by atoms with Gasteiger partial charge in [0.1, 0.15) is 6.33 Å². The lowest BCUT2D eigenvalue weighted by molar-refractivity contribution is -0.0603. The second-order valence-electron chi connectivity index (χ2n) is 7.77. The molecule has 4 aliphatic rings. The predicted molar refractivity (Wildman–Crippen MR) is 80.4 cm³/mol. The summed E-state index contributed by atoms with van der Waals surface area (Å²) in [5.41, 5.74) is 0.783. The first-order chi connectivity index (χ1) is 10.1. The summed E-state index contributed by atoms with van der Waals surface area (Å²) >= 11 is 0. The molecule has 114 valence electrons. The number of hydrogen-bond acceptors (Lipinski definition) is 3. The second kappa shape index (κ2) is 4.65. The average molecular weight is 289 g/mol. The van der Waals surface area contributed by atoms with Crippen LogP contribution in [0.1, 0.15) is 51.1 Å². The van der Waals surface area contributed by atoms with Crippen molar-refractivity contribution in [1.29, 1.82) is 0 Å². The quantitative estimate of drug-likeness (QED) is 0.916. The van der Waals surface area contributed by atoms with Crippen molar-refractivity contribution < 1.29 is 4.39 Å². The summed E-state index contributed by atoms with van der Waals surface area (Å²) in [6.07, 6.45) is 9.72. The molecular formula is C17H24FN3. The summed E-state index contributed by atoms with van der Waals surface area (Å²) in [7, 11) is 0. The van der Waals surface area contributed by atoms with Crippen LogP contribution in [0.3, 0.4) is 0 Å². The van der Waals surface area contributed by atoms with E-state index in [1.54, 1.807) is 6.92 Å². The Hall–Kier alpha value is -1.19. The van der Waals surface area contributed by atoms with Gasteiger partial charge in [-0.15, -0.1) is 0 Å². The number of nitrogens with one attached hydrogen (secondary N) is 1. The van der Waals surface area contributed by atoms with Crippen LogP contribution < -0.4 is 5.32 Å². The minimum atomic E-state index is -0.297. The molecule has 21 heavy (non-hydrogen) atoms. The molecule has 1 aromatic heterocycles. The Morgan fingerprint density at radius 3 is 2.29 bits per heavy atom. The maximum atomic E-state index is 14.1. The van der Waals surface area contributed by atoms with Gasteiger partial charge in [-0.25, -0.2) is 14.4 Å². The molecule has 4 heteroatoms. The monoisotopic (exact) mass is 289 g/mol. The van der Waals surface area contributed by atoms with Crippen molar-refractivity contribution in [2.24, 2.45) is 23.2 Å². The smallest absolute Gasteiger partial charge is 0.186 e. The molecule has 0 amide bonds. The van der Waals surface area contributed by atoms with Crippen molar-refractivity contribution >= 4 is 5.82 Å². The molecule has 4 fully saturated rings. The molecule has 1 aromatic rings. The second-order valence-corrected chi connectivity index (χ2v) is 7.77. The Labute approximate surface area is 125 Å². The van der Waals surface area contributed by atoms with Crippen molar-refractivity contribution in [3.05, 3.63) is 17.8 Å². The van der Waals surface area contributed by atoms with Gasteiger partial charge in [0.2, 0.25) is 0 Å². The third-order valence-corrected chi connectivity index (χ3v) is 6.32. The van der Waals surface area contributed by atoms with Crippen LogP contribution in [0.5, 0.6) is 0 Å². The van der Waals surface area contributed by atoms with Crippen LogP contribution in [0, 0.1) is 35.9 Å². The standard InChI is InChI=1S/C17H24FN3/c1-10-15(18)16(20-9-19-10)21-11(2)17-6-12-3-13(7-17)5-14(4-12)8-17/h9,11-14H,3-8H2,1-2H3,(H,19,20,21). The first kappa shape index (κ1) is 13.5. The predicted octanol–water partition coefficient (Wildman–Crippen LogP) is 3.94. The summed E-state index contributed by atoms with van der Waals surface area (Å²) < 4.78 is 14.1. The molecule has 0 spiro atoms. The number of aryl methyl sites for hydroxylation is 1. The highest BCUT2D eigenvalue weighted by Gasteiger charge is 2.53. The van der Waals surface area contributed by atoms with E-state index in [1.807, 2.05) is 0 Å². The molecular weight excluding hydrogens is 265 g/mol. The first-order valence-corrected chi connectivity index (χ1v) is 8.29. The molecule has 0 aliphatic heterocycles. The van der Waals surface area contributed by atoms with E-state index >= 15 is 0 Å². The average Bonchev–Trinajstić information content (AvgIpc) is 2.42. The molecule has 4 bridgehead atoms. The number of anilines is 1. The van der Waals surface area contributed by atoms with E-state index in [0.717, 1.165) is 17.8 Å². The van der Waals surface area contributed by atoms with Gasteiger partial charge in [-0.05, 0) is 75.5 Å². The Bertz CT molecular complexity index is 522. The maximum absolute atomic E-state index is 14.1. The van der Waals surface area contributed by atoms with Gasteiger partial charge < -0.3 is 5.32 Å². The molecule has 3 nitrogen and oxygen atoms in total. The van der Waals surface area contributed by atoms with Gasteiger partial charge in [0.25, 0.3) is 0 Å². The van der Waals surface area contributed by atoms with Gasteiger partial charge >= 0.3 is 0 Å². The van der Waals surface area contributed by atoms with E-state index < -0.39 is 0 Å². The molecule has 5 rings (SSSR count). The lowest BCUT2D eigenvalue weighted by atomic mass is 9.48. The van der Waals surface area contributed by atoms with Gasteiger partial charge in [-0.2, -0.15) is 0 Å². The van der Waals surface area contributed by atoms with Crippen LogP contribution in [0.25, 0.3) is 0 Å². The largest absolute Gasteiger partial charge is 0.365 e. The summed E-state index contributed by atoms with van der Waals surface area (Å²) in [5.74, 6) is 2.83. The van der Waals surface area contributed by atoms with E-state index in [-0.39, 0.29) is 11.9 Å². The van der Waals surface area contributed by atoms with Crippen molar-refractivity contribution in [2.75, 3.05) is 5.32 Å². The highest BCUT2D eigenvalue weighted by Crippen LogP contribution is 2.61. The Morgan fingerprint density at radius 2 is 1.71 bits per heavy atom. The summed E-state index contributed by atoms with van der Waals surface area (Å²) in [5, 5.41) is 3.38. The van der Waals surface area contributed by atoms with E-state index in [9.17, 15) is 4.39 Å². The van der Waals surface area contributed by atoms with Crippen molar-refractivity contribution in [2.45, 2.75) is 58.4 Å². The number of halogens is 1. The zero-order valence-corrected chi connectivity index (χ0v) is 12.9. The van der Waals surface area contributed by atoms with Gasteiger partial charge in [0.05, 0.1) is 5.69 Å². The van der Waals surface area contributed by atoms with Crippen molar-refractivity contribution in [1.82, 2.24) is 9.97 Å². The van der Waals surface area contributed by atoms with Crippen LogP contribution in [-0.2, 0) is 0 Å². The normalized spacial score (nSPS) is 38.5. The van der Waals surface area contributed by atoms with Crippen LogP contribution in [0.2, 0.25) is 0 Å². The minimum absolute atomic E-state index is 0.287. The minimum Gasteiger partial charge on any atom is -0.365 e. The zero-order chi connectivity index (χ0) is 14.6. The molecule has 0 saturated heterocycles. The molecule has 1 unspecified atom stereocenters. The van der Waals surface area contributed by atoms with Crippen LogP contribution in [-0.4, -0.2) is 16.0 Å². The Balaban J connectivity index is 1.57. The number of rotatable bonds is 3. The Morgan fingerprint density at radius 1 is 1.14 bits per heavy atom. The third kappa shape index (κ3) is 2.14. The lowest BCUT2D eigenvalue weighted by Crippen LogP contribution is -2.53.